The monoisotopic (exact) mass is 326 g/mol. The molecule has 1 heterocycles. The highest BCUT2D eigenvalue weighted by atomic mass is 79.9. The normalized spacial score (nSPS) is 12.2. The summed E-state index contributed by atoms with van der Waals surface area (Å²) >= 11 is 12.4. The summed E-state index contributed by atoms with van der Waals surface area (Å²) < 4.78 is 7.02. The van der Waals surface area contributed by atoms with E-state index in [9.17, 15) is 0 Å². The first kappa shape index (κ1) is 11.3. The number of hydrogen-bond donors (Lipinski definition) is 0. The molecule has 13 heavy (non-hydrogen) atoms. The van der Waals surface area contributed by atoms with Crippen molar-refractivity contribution >= 4 is 49.5 Å². The van der Waals surface area contributed by atoms with Crippen LogP contribution >= 0.6 is 43.5 Å². The molecule has 0 N–H and O–H groups in total. The van der Waals surface area contributed by atoms with Gasteiger partial charge in [0, 0.05) is 5.88 Å². The Balaban J connectivity index is 2.89. The smallest absolute Gasteiger partial charge is 0.184 e. The van der Waals surface area contributed by atoms with Crippen LogP contribution in [0, 0.1) is 0 Å². The van der Waals surface area contributed by atoms with Gasteiger partial charge in [0.05, 0.1) is 4.47 Å². The molecule has 72 valence electrons. The highest BCUT2D eigenvalue weighted by Gasteiger charge is 2.04. The molecule has 0 aliphatic heterocycles. The Bertz CT molecular complexity index is 292. The summed E-state index contributed by atoms with van der Waals surface area (Å²) in [6.45, 7) is 2.07. The highest BCUT2D eigenvalue weighted by molar-refractivity contribution is 9.13. The molecule has 0 spiro atoms. The quantitative estimate of drug-likeness (QED) is 0.724. The molecular formula is C9H9Br2ClO. The van der Waals surface area contributed by atoms with E-state index >= 15 is 0 Å². The molecule has 0 amide bonds. The van der Waals surface area contributed by atoms with E-state index in [-0.39, 0.29) is 0 Å². The summed E-state index contributed by atoms with van der Waals surface area (Å²) in [5, 5.41) is 0. The van der Waals surface area contributed by atoms with Gasteiger partial charge in [-0.15, -0.1) is 11.6 Å². The van der Waals surface area contributed by atoms with Crippen LogP contribution in [0.5, 0.6) is 0 Å². The molecule has 0 radical (unpaired) electrons. The Morgan fingerprint density at radius 1 is 1.62 bits per heavy atom. The lowest BCUT2D eigenvalue weighted by atomic mass is 10.2. The summed E-state index contributed by atoms with van der Waals surface area (Å²) in [6.07, 6.45) is 2.90. The first-order valence-corrected chi connectivity index (χ1v) is 5.99. The van der Waals surface area contributed by atoms with E-state index in [4.69, 9.17) is 16.0 Å². The molecule has 4 heteroatoms. The van der Waals surface area contributed by atoms with Gasteiger partial charge in [-0.05, 0) is 50.4 Å². The fourth-order valence-corrected chi connectivity index (χ4v) is 1.74. The molecule has 0 bridgehead atoms. The van der Waals surface area contributed by atoms with E-state index in [0.717, 1.165) is 22.2 Å². The maximum absolute atomic E-state index is 5.73. The van der Waals surface area contributed by atoms with Crippen molar-refractivity contribution in [1.82, 2.24) is 0 Å². The SMILES string of the molecule is CCC(=Cc1cc(Br)c(Br)o1)CCl. The highest BCUT2D eigenvalue weighted by Crippen LogP contribution is 2.28. The molecular weight excluding hydrogens is 319 g/mol. The van der Waals surface area contributed by atoms with Crippen molar-refractivity contribution in [3.05, 3.63) is 26.5 Å². The topological polar surface area (TPSA) is 13.1 Å². The first-order chi connectivity index (χ1) is 6.17. The van der Waals surface area contributed by atoms with Crippen molar-refractivity contribution in [3.63, 3.8) is 0 Å². The van der Waals surface area contributed by atoms with Gasteiger partial charge >= 0.3 is 0 Å². The van der Waals surface area contributed by atoms with Gasteiger partial charge < -0.3 is 4.42 Å². The van der Waals surface area contributed by atoms with Crippen LogP contribution in [-0.2, 0) is 0 Å². The molecule has 0 atom stereocenters. The fourth-order valence-electron chi connectivity index (χ4n) is 0.871. The van der Waals surface area contributed by atoms with Crippen LogP contribution in [0.4, 0.5) is 0 Å². The van der Waals surface area contributed by atoms with Crippen molar-refractivity contribution in [2.75, 3.05) is 5.88 Å². The van der Waals surface area contributed by atoms with Gasteiger partial charge in [-0.3, -0.25) is 0 Å². The van der Waals surface area contributed by atoms with Crippen molar-refractivity contribution in [2.45, 2.75) is 13.3 Å². The molecule has 0 aromatic carbocycles. The number of allylic oxidation sites excluding steroid dienone is 1. The van der Waals surface area contributed by atoms with Gasteiger partial charge in [0.2, 0.25) is 0 Å². The summed E-state index contributed by atoms with van der Waals surface area (Å²) in [4.78, 5) is 0. The van der Waals surface area contributed by atoms with E-state index in [1.165, 1.54) is 0 Å². The average Bonchev–Trinajstić information content (AvgIpc) is 2.42. The van der Waals surface area contributed by atoms with Crippen molar-refractivity contribution < 1.29 is 4.42 Å². The van der Waals surface area contributed by atoms with Crippen LogP contribution in [0.1, 0.15) is 19.1 Å². The number of hydrogen-bond acceptors (Lipinski definition) is 1. The van der Waals surface area contributed by atoms with E-state index in [1.807, 2.05) is 12.1 Å². The second kappa shape index (κ2) is 5.23. The summed E-state index contributed by atoms with van der Waals surface area (Å²) in [5.74, 6) is 1.36. The Hall–Kier alpha value is 0.270. The number of rotatable bonds is 3. The Kier molecular flexibility index (Phi) is 4.56. The zero-order valence-electron chi connectivity index (χ0n) is 7.11. The molecule has 1 rings (SSSR count). The molecule has 0 saturated heterocycles. The molecule has 1 aromatic heterocycles. The Labute approximate surface area is 99.4 Å². The minimum Gasteiger partial charge on any atom is -0.449 e. The number of alkyl halides is 1. The van der Waals surface area contributed by atoms with Gasteiger partial charge in [-0.25, -0.2) is 0 Å². The Morgan fingerprint density at radius 2 is 2.31 bits per heavy atom. The zero-order chi connectivity index (χ0) is 9.84. The van der Waals surface area contributed by atoms with Crippen LogP contribution in [0.2, 0.25) is 0 Å². The van der Waals surface area contributed by atoms with Crippen molar-refractivity contribution in [1.29, 1.82) is 0 Å². The molecule has 1 aromatic rings. The van der Waals surface area contributed by atoms with Crippen LogP contribution in [0.25, 0.3) is 6.08 Å². The lowest BCUT2D eigenvalue weighted by Gasteiger charge is -1.95. The largest absolute Gasteiger partial charge is 0.449 e. The van der Waals surface area contributed by atoms with Gasteiger partial charge in [0.1, 0.15) is 5.76 Å². The lowest BCUT2D eigenvalue weighted by Crippen LogP contribution is -1.80. The van der Waals surface area contributed by atoms with E-state index in [1.54, 1.807) is 0 Å². The van der Waals surface area contributed by atoms with E-state index < -0.39 is 0 Å². The van der Waals surface area contributed by atoms with E-state index in [2.05, 4.69) is 38.8 Å². The minimum atomic E-state index is 0.548. The van der Waals surface area contributed by atoms with Crippen LogP contribution in [-0.4, -0.2) is 5.88 Å². The van der Waals surface area contributed by atoms with Crippen LogP contribution in [0.3, 0.4) is 0 Å². The predicted molar refractivity (Wildman–Crippen MR) is 63.1 cm³/mol. The number of furan rings is 1. The molecule has 0 aliphatic rings. The van der Waals surface area contributed by atoms with E-state index in [0.29, 0.717) is 10.5 Å². The molecule has 1 nitrogen and oxygen atoms in total. The van der Waals surface area contributed by atoms with Crippen molar-refractivity contribution in [2.24, 2.45) is 0 Å². The molecule has 0 fully saturated rings. The standard InChI is InChI=1S/C9H9Br2ClO/c1-2-6(5-12)3-7-4-8(10)9(11)13-7/h3-4H,2,5H2,1H3. The molecule has 0 aliphatic carbocycles. The third kappa shape index (κ3) is 3.15. The van der Waals surface area contributed by atoms with Gasteiger partial charge in [-0.1, -0.05) is 12.5 Å². The minimum absolute atomic E-state index is 0.548. The summed E-state index contributed by atoms with van der Waals surface area (Å²) in [6, 6.07) is 1.91. The maximum Gasteiger partial charge on any atom is 0.184 e. The molecule has 0 saturated carbocycles. The third-order valence-electron chi connectivity index (χ3n) is 1.64. The Morgan fingerprint density at radius 3 is 2.69 bits per heavy atom. The number of halogens is 3. The maximum atomic E-state index is 5.73. The van der Waals surface area contributed by atoms with Crippen LogP contribution < -0.4 is 0 Å². The van der Waals surface area contributed by atoms with Gasteiger partial charge in [0.25, 0.3) is 0 Å². The molecule has 0 unspecified atom stereocenters. The second-order valence-electron chi connectivity index (χ2n) is 2.56. The second-order valence-corrected chi connectivity index (χ2v) is 4.40. The summed E-state index contributed by atoms with van der Waals surface area (Å²) in [5.41, 5.74) is 1.16. The first-order valence-electron chi connectivity index (χ1n) is 3.87. The van der Waals surface area contributed by atoms with Gasteiger partial charge in [0.15, 0.2) is 4.67 Å². The van der Waals surface area contributed by atoms with Gasteiger partial charge in [-0.2, -0.15) is 0 Å². The zero-order valence-corrected chi connectivity index (χ0v) is 11.0. The lowest BCUT2D eigenvalue weighted by molar-refractivity contribution is 0.529. The van der Waals surface area contributed by atoms with Crippen LogP contribution in [0.15, 0.2) is 25.2 Å². The fraction of sp³-hybridized carbons (Fsp3) is 0.333. The third-order valence-corrected chi connectivity index (χ3v) is 3.69. The van der Waals surface area contributed by atoms with Crippen molar-refractivity contribution in [3.8, 4) is 0 Å². The summed E-state index contributed by atoms with van der Waals surface area (Å²) in [7, 11) is 0. The predicted octanol–water partition coefficient (Wildman–Crippen LogP) is 4.84. The average molecular weight is 328 g/mol.